The van der Waals surface area contributed by atoms with Gasteiger partial charge in [0.25, 0.3) is 0 Å². The van der Waals surface area contributed by atoms with E-state index in [0.717, 1.165) is 38.2 Å². The fraction of sp³-hybridized carbons (Fsp3) is 0.625. The molecule has 0 aromatic heterocycles. The lowest BCUT2D eigenvalue weighted by molar-refractivity contribution is 0.0108. The SMILES string of the molecule is CC(C)CC1(C(O)c2cc(F)cc(F)c2)CCCC1. The van der Waals surface area contributed by atoms with Crippen molar-refractivity contribution in [3.63, 3.8) is 0 Å². The van der Waals surface area contributed by atoms with Crippen LogP contribution < -0.4 is 0 Å². The topological polar surface area (TPSA) is 20.2 Å². The highest BCUT2D eigenvalue weighted by molar-refractivity contribution is 5.22. The number of aliphatic hydroxyl groups excluding tert-OH is 1. The molecule has 1 fully saturated rings. The number of halogens is 2. The fourth-order valence-electron chi connectivity index (χ4n) is 3.57. The third-order valence-corrected chi connectivity index (χ3v) is 4.19. The minimum absolute atomic E-state index is 0.214. The summed E-state index contributed by atoms with van der Waals surface area (Å²) >= 11 is 0. The zero-order chi connectivity index (χ0) is 14.0. The van der Waals surface area contributed by atoms with Gasteiger partial charge in [0.15, 0.2) is 0 Å². The van der Waals surface area contributed by atoms with Gasteiger partial charge in [-0.25, -0.2) is 8.78 Å². The molecule has 1 atom stereocenters. The molecule has 1 unspecified atom stereocenters. The van der Waals surface area contributed by atoms with Crippen molar-refractivity contribution in [3.05, 3.63) is 35.4 Å². The van der Waals surface area contributed by atoms with Crippen molar-refractivity contribution in [3.8, 4) is 0 Å². The van der Waals surface area contributed by atoms with Gasteiger partial charge in [0.05, 0.1) is 6.10 Å². The second-order valence-corrected chi connectivity index (χ2v) is 6.27. The Hall–Kier alpha value is -0.960. The molecule has 0 aliphatic heterocycles. The number of hydrogen-bond acceptors (Lipinski definition) is 1. The smallest absolute Gasteiger partial charge is 0.126 e. The molecule has 19 heavy (non-hydrogen) atoms. The Balaban J connectivity index is 2.31. The first-order valence-corrected chi connectivity index (χ1v) is 7.07. The van der Waals surface area contributed by atoms with Gasteiger partial charge in [-0.05, 0) is 42.9 Å². The Bertz CT molecular complexity index is 416. The summed E-state index contributed by atoms with van der Waals surface area (Å²) in [4.78, 5) is 0. The van der Waals surface area contributed by atoms with E-state index in [1.807, 2.05) is 0 Å². The van der Waals surface area contributed by atoms with Crippen LogP contribution >= 0.6 is 0 Å². The number of hydrogen-bond donors (Lipinski definition) is 1. The molecule has 0 amide bonds. The molecule has 1 aromatic carbocycles. The molecule has 1 aliphatic rings. The van der Waals surface area contributed by atoms with Crippen molar-refractivity contribution >= 4 is 0 Å². The molecule has 1 saturated carbocycles. The van der Waals surface area contributed by atoms with Gasteiger partial charge in [-0.1, -0.05) is 26.7 Å². The molecule has 0 heterocycles. The lowest BCUT2D eigenvalue weighted by Crippen LogP contribution is -2.28. The standard InChI is InChI=1S/C16H22F2O/c1-11(2)10-16(5-3-4-6-16)15(19)12-7-13(17)9-14(18)8-12/h7-9,11,15,19H,3-6,10H2,1-2H3. The van der Waals surface area contributed by atoms with Crippen molar-refractivity contribution in [1.29, 1.82) is 0 Å². The van der Waals surface area contributed by atoms with Crippen molar-refractivity contribution in [2.75, 3.05) is 0 Å². The summed E-state index contributed by atoms with van der Waals surface area (Å²) in [6.45, 7) is 4.25. The third kappa shape index (κ3) is 3.14. The second kappa shape index (κ2) is 5.58. The second-order valence-electron chi connectivity index (χ2n) is 6.27. The Morgan fingerprint density at radius 2 is 1.63 bits per heavy atom. The van der Waals surface area contributed by atoms with Gasteiger partial charge >= 0.3 is 0 Å². The van der Waals surface area contributed by atoms with E-state index in [1.54, 1.807) is 0 Å². The van der Waals surface area contributed by atoms with Crippen LogP contribution in [-0.4, -0.2) is 5.11 Å². The number of rotatable bonds is 4. The Labute approximate surface area is 113 Å². The van der Waals surface area contributed by atoms with Crippen LogP contribution in [0.2, 0.25) is 0 Å². The van der Waals surface area contributed by atoms with Crippen LogP contribution in [-0.2, 0) is 0 Å². The highest BCUT2D eigenvalue weighted by Gasteiger charge is 2.41. The van der Waals surface area contributed by atoms with E-state index < -0.39 is 17.7 Å². The summed E-state index contributed by atoms with van der Waals surface area (Å²) < 4.78 is 26.6. The molecular weight excluding hydrogens is 246 g/mol. The molecule has 3 heteroatoms. The molecule has 0 radical (unpaired) electrons. The minimum atomic E-state index is -0.775. The van der Waals surface area contributed by atoms with E-state index in [0.29, 0.717) is 11.5 Å². The lowest BCUT2D eigenvalue weighted by atomic mass is 9.72. The van der Waals surface area contributed by atoms with E-state index >= 15 is 0 Å². The van der Waals surface area contributed by atoms with E-state index in [2.05, 4.69) is 13.8 Å². The maximum absolute atomic E-state index is 13.3. The van der Waals surface area contributed by atoms with Gasteiger partial charge in [-0.3, -0.25) is 0 Å². The summed E-state index contributed by atoms with van der Waals surface area (Å²) in [6, 6.07) is 3.36. The molecule has 2 rings (SSSR count). The first-order valence-electron chi connectivity index (χ1n) is 7.07. The van der Waals surface area contributed by atoms with Crippen LogP contribution in [0.3, 0.4) is 0 Å². The molecule has 1 aliphatic carbocycles. The molecule has 1 N–H and O–H groups in total. The van der Waals surface area contributed by atoms with Gasteiger partial charge in [-0.15, -0.1) is 0 Å². The number of aliphatic hydroxyl groups is 1. The monoisotopic (exact) mass is 268 g/mol. The van der Waals surface area contributed by atoms with E-state index in [9.17, 15) is 13.9 Å². The summed E-state index contributed by atoms with van der Waals surface area (Å²) in [5, 5.41) is 10.6. The molecule has 0 bridgehead atoms. The summed E-state index contributed by atoms with van der Waals surface area (Å²) in [6.07, 6.45) is 4.16. The van der Waals surface area contributed by atoms with Crippen LogP contribution in [0.1, 0.15) is 57.6 Å². The van der Waals surface area contributed by atoms with Gasteiger partial charge in [0, 0.05) is 11.5 Å². The molecule has 0 saturated heterocycles. The fourth-order valence-corrected chi connectivity index (χ4v) is 3.57. The Kier molecular flexibility index (Phi) is 4.24. The number of benzene rings is 1. The lowest BCUT2D eigenvalue weighted by Gasteiger charge is -2.36. The molecule has 0 spiro atoms. The zero-order valence-corrected chi connectivity index (χ0v) is 11.6. The Morgan fingerprint density at radius 3 is 2.11 bits per heavy atom. The average molecular weight is 268 g/mol. The van der Waals surface area contributed by atoms with Crippen molar-refractivity contribution in [2.45, 2.75) is 52.1 Å². The van der Waals surface area contributed by atoms with Crippen LogP contribution in [0.25, 0.3) is 0 Å². The first-order chi connectivity index (χ1) is 8.93. The highest BCUT2D eigenvalue weighted by Crippen LogP contribution is 2.51. The predicted molar refractivity (Wildman–Crippen MR) is 71.7 cm³/mol. The van der Waals surface area contributed by atoms with Gasteiger partial charge in [0.2, 0.25) is 0 Å². The van der Waals surface area contributed by atoms with Crippen molar-refractivity contribution < 1.29 is 13.9 Å². The van der Waals surface area contributed by atoms with Crippen LogP contribution in [0.4, 0.5) is 8.78 Å². The van der Waals surface area contributed by atoms with Gasteiger partial charge < -0.3 is 5.11 Å². The molecule has 1 aromatic rings. The van der Waals surface area contributed by atoms with Crippen LogP contribution in [0.5, 0.6) is 0 Å². The summed E-state index contributed by atoms with van der Waals surface area (Å²) in [7, 11) is 0. The summed E-state index contributed by atoms with van der Waals surface area (Å²) in [5.74, 6) is -0.773. The van der Waals surface area contributed by atoms with Gasteiger partial charge in [-0.2, -0.15) is 0 Å². The van der Waals surface area contributed by atoms with E-state index in [-0.39, 0.29) is 5.41 Å². The summed E-state index contributed by atoms with van der Waals surface area (Å²) in [5.41, 5.74) is 0.161. The third-order valence-electron chi connectivity index (χ3n) is 4.19. The minimum Gasteiger partial charge on any atom is -0.388 e. The highest BCUT2D eigenvalue weighted by atomic mass is 19.1. The van der Waals surface area contributed by atoms with E-state index in [4.69, 9.17) is 0 Å². The quantitative estimate of drug-likeness (QED) is 0.845. The maximum atomic E-state index is 13.3. The van der Waals surface area contributed by atoms with Crippen molar-refractivity contribution in [2.24, 2.45) is 11.3 Å². The molecule has 106 valence electrons. The van der Waals surface area contributed by atoms with Gasteiger partial charge in [0.1, 0.15) is 11.6 Å². The van der Waals surface area contributed by atoms with E-state index in [1.165, 1.54) is 12.1 Å². The first kappa shape index (κ1) is 14.4. The normalized spacial score (nSPS) is 19.9. The zero-order valence-electron chi connectivity index (χ0n) is 11.6. The largest absolute Gasteiger partial charge is 0.388 e. The predicted octanol–water partition coefficient (Wildman–Crippen LogP) is 4.60. The van der Waals surface area contributed by atoms with Crippen molar-refractivity contribution in [1.82, 2.24) is 0 Å². The molecular formula is C16H22F2O. The van der Waals surface area contributed by atoms with Crippen LogP contribution in [0, 0.1) is 23.0 Å². The average Bonchev–Trinajstić information content (AvgIpc) is 2.75. The Morgan fingerprint density at radius 1 is 1.11 bits per heavy atom. The molecule has 1 nitrogen and oxygen atoms in total. The van der Waals surface area contributed by atoms with Crippen LogP contribution in [0.15, 0.2) is 18.2 Å². The maximum Gasteiger partial charge on any atom is 0.126 e.